The maximum absolute atomic E-state index is 12.1. The van der Waals surface area contributed by atoms with E-state index in [1.54, 1.807) is 0 Å². The van der Waals surface area contributed by atoms with E-state index < -0.39 is 17.6 Å². The van der Waals surface area contributed by atoms with E-state index in [9.17, 15) is 24.0 Å². The van der Waals surface area contributed by atoms with Crippen molar-refractivity contribution in [3.8, 4) is 5.75 Å². The van der Waals surface area contributed by atoms with Crippen LogP contribution in [0.4, 0.5) is 20.3 Å². The minimum atomic E-state index is -2.92. The summed E-state index contributed by atoms with van der Waals surface area (Å²) in [7, 11) is 0. The molecule has 2 rings (SSSR count). The van der Waals surface area contributed by atoms with Gasteiger partial charge in [0.15, 0.2) is 0 Å². The molecule has 10 heteroatoms. The number of rotatable bonds is 7. The van der Waals surface area contributed by atoms with Gasteiger partial charge in [0.2, 0.25) is 0 Å². The zero-order valence-corrected chi connectivity index (χ0v) is 12.8. The molecule has 2 aromatic rings. The van der Waals surface area contributed by atoms with E-state index in [1.807, 2.05) is 0 Å². The molecule has 128 valence electrons. The minimum absolute atomic E-state index is 0.0135. The molecule has 0 saturated carbocycles. The quantitative estimate of drug-likeness (QED) is 0.581. The lowest BCUT2D eigenvalue weighted by atomic mass is 10.1. The largest absolute Gasteiger partial charge is 0.435 e. The third kappa shape index (κ3) is 4.74. The van der Waals surface area contributed by atoms with E-state index in [0.717, 1.165) is 12.3 Å². The molecule has 0 bridgehead atoms. The Morgan fingerprint density at radius 1 is 1.38 bits per heavy atom. The summed E-state index contributed by atoms with van der Waals surface area (Å²) in [6.45, 7) is -2.91. The van der Waals surface area contributed by atoms with Crippen molar-refractivity contribution in [1.82, 2.24) is 4.98 Å². The molecule has 1 unspecified atom stereocenters. The molecule has 1 aromatic heterocycles. The fraction of sp³-hybridized carbons (Fsp3) is 0.214. The molecule has 0 radical (unpaired) electrons. The molecule has 1 atom stereocenters. The average molecular weight is 360 g/mol. The number of aliphatic hydroxyl groups is 1. The summed E-state index contributed by atoms with van der Waals surface area (Å²) in [5.41, 5.74) is 0.211. The normalized spacial score (nSPS) is 12.0. The smallest absolute Gasteiger partial charge is 0.387 e. The van der Waals surface area contributed by atoms with Gasteiger partial charge in [0.05, 0.1) is 16.0 Å². The highest BCUT2D eigenvalue weighted by Gasteiger charge is 2.13. The highest BCUT2D eigenvalue weighted by Crippen LogP contribution is 2.25. The lowest BCUT2D eigenvalue weighted by Crippen LogP contribution is -2.13. The van der Waals surface area contributed by atoms with Crippen molar-refractivity contribution in [3.05, 3.63) is 57.2 Å². The fourth-order valence-corrected chi connectivity index (χ4v) is 2.07. The lowest BCUT2D eigenvalue weighted by Gasteiger charge is -2.14. The summed E-state index contributed by atoms with van der Waals surface area (Å²) in [6, 6.07) is 6.63. The van der Waals surface area contributed by atoms with Crippen molar-refractivity contribution in [2.45, 2.75) is 12.7 Å². The van der Waals surface area contributed by atoms with Gasteiger partial charge in [-0.3, -0.25) is 10.1 Å². The standard InChI is InChI=1S/C14H12ClF2N3O4/c15-11-5-9(20(22)23)6-18-13(11)19-7-12(21)8-1-3-10(4-2-8)24-14(16)17/h1-6,12,14,21H,7H2,(H,18,19). The Morgan fingerprint density at radius 2 is 2.04 bits per heavy atom. The van der Waals surface area contributed by atoms with Crippen molar-refractivity contribution in [1.29, 1.82) is 0 Å². The molecule has 0 amide bonds. The van der Waals surface area contributed by atoms with Crippen molar-refractivity contribution in [2.75, 3.05) is 11.9 Å². The van der Waals surface area contributed by atoms with E-state index in [-0.39, 0.29) is 28.8 Å². The van der Waals surface area contributed by atoms with Crippen LogP contribution in [-0.2, 0) is 0 Å². The molecule has 0 aliphatic rings. The van der Waals surface area contributed by atoms with E-state index in [4.69, 9.17) is 11.6 Å². The number of anilines is 1. The van der Waals surface area contributed by atoms with Crippen LogP contribution in [0.5, 0.6) is 5.75 Å². The van der Waals surface area contributed by atoms with Gasteiger partial charge in [0, 0.05) is 12.6 Å². The zero-order chi connectivity index (χ0) is 17.7. The molecular formula is C14H12ClF2N3O4. The van der Waals surface area contributed by atoms with Crippen molar-refractivity contribution in [3.63, 3.8) is 0 Å². The number of halogens is 3. The van der Waals surface area contributed by atoms with Gasteiger partial charge < -0.3 is 15.2 Å². The highest BCUT2D eigenvalue weighted by atomic mass is 35.5. The molecule has 0 aliphatic carbocycles. The monoisotopic (exact) mass is 359 g/mol. The van der Waals surface area contributed by atoms with Gasteiger partial charge in [-0.1, -0.05) is 23.7 Å². The molecular weight excluding hydrogens is 348 g/mol. The average Bonchev–Trinajstić information content (AvgIpc) is 2.53. The van der Waals surface area contributed by atoms with Gasteiger partial charge in [0.25, 0.3) is 5.69 Å². The number of nitrogens with zero attached hydrogens (tertiary/aromatic N) is 2. The third-order valence-corrected chi connectivity index (χ3v) is 3.28. The first-order valence-electron chi connectivity index (χ1n) is 6.63. The van der Waals surface area contributed by atoms with E-state index >= 15 is 0 Å². The first-order valence-corrected chi connectivity index (χ1v) is 7.01. The number of alkyl halides is 2. The highest BCUT2D eigenvalue weighted by molar-refractivity contribution is 6.33. The van der Waals surface area contributed by atoms with Crippen LogP contribution in [-0.4, -0.2) is 28.2 Å². The van der Waals surface area contributed by atoms with Crippen molar-refractivity contribution in [2.24, 2.45) is 0 Å². The van der Waals surface area contributed by atoms with Crippen LogP contribution in [0.1, 0.15) is 11.7 Å². The molecule has 0 fully saturated rings. The Kier molecular flexibility index (Phi) is 5.83. The molecule has 24 heavy (non-hydrogen) atoms. The van der Waals surface area contributed by atoms with Gasteiger partial charge in [-0.05, 0) is 17.7 Å². The van der Waals surface area contributed by atoms with Gasteiger partial charge >= 0.3 is 6.61 Å². The van der Waals surface area contributed by atoms with E-state index in [0.29, 0.717) is 5.56 Å². The predicted octanol–water partition coefficient (Wildman–Crippen LogP) is 3.39. The number of pyridine rings is 1. The number of nitro groups is 1. The summed E-state index contributed by atoms with van der Waals surface area (Å²) in [5, 5.41) is 23.5. The van der Waals surface area contributed by atoms with Crippen molar-refractivity contribution < 1.29 is 23.5 Å². The SMILES string of the molecule is O=[N+]([O-])c1cnc(NCC(O)c2ccc(OC(F)F)cc2)c(Cl)c1. The van der Waals surface area contributed by atoms with Crippen LogP contribution in [0.15, 0.2) is 36.5 Å². The van der Waals surface area contributed by atoms with Gasteiger partial charge in [-0.2, -0.15) is 8.78 Å². The molecule has 0 saturated heterocycles. The molecule has 0 aliphatic heterocycles. The third-order valence-electron chi connectivity index (χ3n) is 2.99. The Hall–Kier alpha value is -2.52. The molecule has 2 N–H and O–H groups in total. The Morgan fingerprint density at radius 3 is 2.58 bits per heavy atom. The second kappa shape index (κ2) is 7.84. The van der Waals surface area contributed by atoms with Crippen LogP contribution in [0.3, 0.4) is 0 Å². The fourth-order valence-electron chi connectivity index (χ4n) is 1.84. The maximum Gasteiger partial charge on any atom is 0.387 e. The number of hydrogen-bond donors (Lipinski definition) is 2. The second-order valence-corrected chi connectivity index (χ2v) is 5.03. The first kappa shape index (κ1) is 17.8. The van der Waals surface area contributed by atoms with E-state index in [1.165, 1.54) is 24.3 Å². The van der Waals surface area contributed by atoms with Crippen LogP contribution in [0.25, 0.3) is 0 Å². The Bertz CT molecular complexity index is 716. The summed E-state index contributed by atoms with van der Waals surface area (Å²) in [6.07, 6.45) is 0.0653. The number of nitrogens with one attached hydrogen (secondary N) is 1. The van der Waals surface area contributed by atoms with Crippen LogP contribution in [0, 0.1) is 10.1 Å². The molecule has 1 aromatic carbocycles. The predicted molar refractivity (Wildman–Crippen MR) is 82.4 cm³/mol. The molecule has 7 nitrogen and oxygen atoms in total. The topological polar surface area (TPSA) is 97.5 Å². The van der Waals surface area contributed by atoms with Gasteiger partial charge in [-0.25, -0.2) is 4.98 Å². The molecule has 1 heterocycles. The number of aromatic nitrogens is 1. The molecule has 0 spiro atoms. The maximum atomic E-state index is 12.1. The Labute approximate surface area is 140 Å². The van der Waals surface area contributed by atoms with Crippen LogP contribution in [0.2, 0.25) is 5.02 Å². The number of hydrogen-bond acceptors (Lipinski definition) is 6. The number of aliphatic hydroxyl groups excluding tert-OH is 1. The van der Waals surface area contributed by atoms with Crippen molar-refractivity contribution >= 4 is 23.1 Å². The summed E-state index contributed by atoms with van der Waals surface area (Å²) >= 11 is 5.87. The summed E-state index contributed by atoms with van der Waals surface area (Å²) in [4.78, 5) is 13.8. The van der Waals surface area contributed by atoms with Crippen LogP contribution >= 0.6 is 11.6 Å². The number of ether oxygens (including phenoxy) is 1. The summed E-state index contributed by atoms with van der Waals surface area (Å²) in [5.74, 6) is 0.160. The summed E-state index contributed by atoms with van der Waals surface area (Å²) < 4.78 is 28.3. The zero-order valence-electron chi connectivity index (χ0n) is 12.0. The van der Waals surface area contributed by atoms with Gasteiger partial charge in [-0.15, -0.1) is 0 Å². The number of benzene rings is 1. The first-order chi connectivity index (χ1) is 11.4. The Balaban J connectivity index is 1.97. The minimum Gasteiger partial charge on any atom is -0.435 e. The lowest BCUT2D eigenvalue weighted by molar-refractivity contribution is -0.385. The second-order valence-electron chi connectivity index (χ2n) is 4.63. The van der Waals surface area contributed by atoms with Gasteiger partial charge in [0.1, 0.15) is 17.8 Å². The van der Waals surface area contributed by atoms with E-state index in [2.05, 4.69) is 15.0 Å². The van der Waals surface area contributed by atoms with Crippen LogP contribution < -0.4 is 10.1 Å².